The number of nitrogens with zero attached hydrogens (tertiary/aromatic N) is 2. The molecule has 0 aliphatic carbocycles. The number of aliphatic imine (C=N–C) groups is 1. The molecule has 2 aliphatic rings. The average Bonchev–Trinajstić information content (AvgIpc) is 2.87. The summed E-state index contributed by atoms with van der Waals surface area (Å²) in [7, 11) is 0. The van der Waals surface area contributed by atoms with Gasteiger partial charge in [0.15, 0.2) is 5.96 Å². The zero-order valence-corrected chi connectivity index (χ0v) is 16.1. The van der Waals surface area contributed by atoms with Crippen molar-refractivity contribution in [1.29, 1.82) is 0 Å². The fourth-order valence-corrected chi connectivity index (χ4v) is 4.16. The SMILES string of the molecule is CC1CC(C)NC(N2CC[C@H](c3ccc(C(C)(C)C)cc3)[C@@H]2C)=N1. The Morgan fingerprint density at radius 1 is 1.08 bits per heavy atom. The van der Waals surface area contributed by atoms with Crippen LogP contribution in [0.5, 0.6) is 0 Å². The van der Waals surface area contributed by atoms with Gasteiger partial charge in [0.05, 0.1) is 6.04 Å². The summed E-state index contributed by atoms with van der Waals surface area (Å²) >= 11 is 0. The van der Waals surface area contributed by atoms with Crippen molar-refractivity contribution in [3.63, 3.8) is 0 Å². The first kappa shape index (κ1) is 17.3. The van der Waals surface area contributed by atoms with E-state index >= 15 is 0 Å². The Bertz CT molecular complexity index is 597. The van der Waals surface area contributed by atoms with Crippen LogP contribution in [0.25, 0.3) is 0 Å². The Morgan fingerprint density at radius 2 is 1.75 bits per heavy atom. The van der Waals surface area contributed by atoms with Crippen LogP contribution in [0.4, 0.5) is 0 Å². The summed E-state index contributed by atoms with van der Waals surface area (Å²) in [4.78, 5) is 7.35. The molecule has 132 valence electrons. The topological polar surface area (TPSA) is 27.6 Å². The fourth-order valence-electron chi connectivity index (χ4n) is 4.16. The van der Waals surface area contributed by atoms with Gasteiger partial charge in [0.2, 0.25) is 0 Å². The lowest BCUT2D eigenvalue weighted by molar-refractivity contribution is 0.357. The minimum absolute atomic E-state index is 0.221. The van der Waals surface area contributed by atoms with E-state index in [1.165, 1.54) is 17.5 Å². The van der Waals surface area contributed by atoms with Gasteiger partial charge in [-0.1, -0.05) is 45.0 Å². The number of likely N-dealkylation sites (tertiary alicyclic amines) is 1. The molecule has 1 aromatic carbocycles. The molecule has 3 rings (SSSR count). The second kappa shape index (κ2) is 6.42. The van der Waals surface area contributed by atoms with Crippen molar-refractivity contribution in [3.05, 3.63) is 35.4 Å². The van der Waals surface area contributed by atoms with E-state index in [-0.39, 0.29) is 5.41 Å². The third-order valence-electron chi connectivity index (χ3n) is 5.64. The van der Waals surface area contributed by atoms with Gasteiger partial charge in [-0.25, -0.2) is 4.99 Å². The average molecular weight is 328 g/mol. The van der Waals surface area contributed by atoms with E-state index in [0.29, 0.717) is 24.0 Å². The van der Waals surface area contributed by atoms with E-state index < -0.39 is 0 Å². The second-order valence-electron chi connectivity index (χ2n) is 8.78. The van der Waals surface area contributed by atoms with Crippen LogP contribution in [0.3, 0.4) is 0 Å². The van der Waals surface area contributed by atoms with E-state index in [1.54, 1.807) is 0 Å². The molecule has 2 heterocycles. The van der Waals surface area contributed by atoms with Gasteiger partial charge in [-0.05, 0) is 50.2 Å². The molecule has 0 spiro atoms. The van der Waals surface area contributed by atoms with Crippen molar-refractivity contribution in [2.45, 2.75) is 83.8 Å². The van der Waals surface area contributed by atoms with Crippen LogP contribution in [-0.4, -0.2) is 35.5 Å². The number of hydrogen-bond donors (Lipinski definition) is 1. The third kappa shape index (κ3) is 3.45. The molecular weight excluding hydrogens is 294 g/mol. The number of benzene rings is 1. The molecule has 1 N–H and O–H groups in total. The van der Waals surface area contributed by atoms with Gasteiger partial charge in [0.1, 0.15) is 0 Å². The largest absolute Gasteiger partial charge is 0.354 e. The Labute approximate surface area is 147 Å². The Morgan fingerprint density at radius 3 is 2.33 bits per heavy atom. The maximum Gasteiger partial charge on any atom is 0.194 e. The van der Waals surface area contributed by atoms with Crippen molar-refractivity contribution in [1.82, 2.24) is 10.2 Å². The first-order chi connectivity index (χ1) is 11.3. The van der Waals surface area contributed by atoms with Gasteiger partial charge in [0.25, 0.3) is 0 Å². The summed E-state index contributed by atoms with van der Waals surface area (Å²) in [5.74, 6) is 1.71. The minimum atomic E-state index is 0.221. The molecule has 0 radical (unpaired) electrons. The molecule has 3 nitrogen and oxygen atoms in total. The standard InChI is InChI=1S/C21H33N3/c1-14-13-15(2)23-20(22-14)24-12-11-19(16(24)3)17-7-9-18(10-8-17)21(4,5)6/h7-10,14-16,19H,11-13H2,1-6H3,(H,22,23)/t14?,15?,16-,19-/m0/s1. The number of guanidine groups is 1. The van der Waals surface area contributed by atoms with Gasteiger partial charge < -0.3 is 10.2 Å². The van der Waals surface area contributed by atoms with Crippen LogP contribution in [0.15, 0.2) is 29.3 Å². The summed E-state index contributed by atoms with van der Waals surface area (Å²) in [6.07, 6.45) is 2.34. The lowest BCUT2D eigenvalue weighted by Crippen LogP contribution is -2.50. The molecule has 2 aliphatic heterocycles. The molecule has 1 aromatic rings. The zero-order valence-electron chi connectivity index (χ0n) is 16.1. The van der Waals surface area contributed by atoms with E-state index in [1.807, 2.05) is 0 Å². The highest BCUT2D eigenvalue weighted by molar-refractivity contribution is 5.81. The normalized spacial score (nSPS) is 30.9. The zero-order chi connectivity index (χ0) is 17.5. The Kier molecular flexibility index (Phi) is 4.63. The van der Waals surface area contributed by atoms with Crippen LogP contribution in [0, 0.1) is 0 Å². The molecule has 1 fully saturated rings. The van der Waals surface area contributed by atoms with Crippen LogP contribution in [0.1, 0.15) is 71.4 Å². The maximum absolute atomic E-state index is 4.87. The summed E-state index contributed by atoms with van der Waals surface area (Å²) in [6, 6.07) is 10.7. The number of nitrogens with one attached hydrogen (secondary N) is 1. The molecule has 4 atom stereocenters. The lowest BCUT2D eigenvalue weighted by Gasteiger charge is -2.34. The summed E-state index contributed by atoms with van der Waals surface area (Å²) in [6.45, 7) is 14.8. The first-order valence-corrected chi connectivity index (χ1v) is 9.47. The molecule has 0 bridgehead atoms. The van der Waals surface area contributed by atoms with Gasteiger partial charge >= 0.3 is 0 Å². The summed E-state index contributed by atoms with van der Waals surface area (Å²) < 4.78 is 0. The lowest BCUT2D eigenvalue weighted by atomic mass is 9.84. The predicted molar refractivity (Wildman–Crippen MR) is 103 cm³/mol. The van der Waals surface area contributed by atoms with Crippen LogP contribution < -0.4 is 5.32 Å². The molecule has 0 saturated carbocycles. The smallest absolute Gasteiger partial charge is 0.194 e. The van der Waals surface area contributed by atoms with Gasteiger partial charge in [0, 0.05) is 24.5 Å². The molecule has 1 saturated heterocycles. The molecular formula is C21H33N3. The van der Waals surface area contributed by atoms with E-state index in [0.717, 1.165) is 18.9 Å². The van der Waals surface area contributed by atoms with Gasteiger partial charge in [-0.15, -0.1) is 0 Å². The second-order valence-corrected chi connectivity index (χ2v) is 8.78. The van der Waals surface area contributed by atoms with Crippen molar-refractivity contribution in [2.75, 3.05) is 6.54 Å². The molecule has 3 heteroatoms. The third-order valence-corrected chi connectivity index (χ3v) is 5.64. The molecule has 24 heavy (non-hydrogen) atoms. The Balaban J connectivity index is 1.75. The number of rotatable bonds is 1. The summed E-state index contributed by atoms with van der Waals surface area (Å²) in [5, 5.41) is 3.60. The predicted octanol–water partition coefficient (Wildman–Crippen LogP) is 4.29. The van der Waals surface area contributed by atoms with Crippen molar-refractivity contribution >= 4 is 5.96 Å². The monoisotopic (exact) mass is 327 g/mol. The molecule has 0 aromatic heterocycles. The Hall–Kier alpha value is -1.51. The van der Waals surface area contributed by atoms with Crippen molar-refractivity contribution in [2.24, 2.45) is 4.99 Å². The van der Waals surface area contributed by atoms with Gasteiger partial charge in [-0.3, -0.25) is 0 Å². The first-order valence-electron chi connectivity index (χ1n) is 9.47. The van der Waals surface area contributed by atoms with E-state index in [9.17, 15) is 0 Å². The minimum Gasteiger partial charge on any atom is -0.354 e. The highest BCUT2D eigenvalue weighted by atomic mass is 15.3. The van der Waals surface area contributed by atoms with Gasteiger partial charge in [-0.2, -0.15) is 0 Å². The summed E-state index contributed by atoms with van der Waals surface area (Å²) in [5.41, 5.74) is 3.10. The van der Waals surface area contributed by atoms with Crippen LogP contribution in [-0.2, 0) is 5.41 Å². The highest BCUT2D eigenvalue weighted by Gasteiger charge is 2.35. The van der Waals surface area contributed by atoms with E-state index in [2.05, 4.69) is 76.0 Å². The number of hydrogen-bond acceptors (Lipinski definition) is 3. The highest BCUT2D eigenvalue weighted by Crippen LogP contribution is 2.35. The van der Waals surface area contributed by atoms with Crippen LogP contribution >= 0.6 is 0 Å². The van der Waals surface area contributed by atoms with Crippen LogP contribution in [0.2, 0.25) is 0 Å². The van der Waals surface area contributed by atoms with Crippen molar-refractivity contribution in [3.8, 4) is 0 Å². The maximum atomic E-state index is 4.87. The van der Waals surface area contributed by atoms with E-state index in [4.69, 9.17) is 4.99 Å². The fraction of sp³-hybridized carbons (Fsp3) is 0.667. The quantitative estimate of drug-likeness (QED) is 0.833. The van der Waals surface area contributed by atoms with Crippen molar-refractivity contribution < 1.29 is 0 Å². The molecule has 0 amide bonds. The molecule has 2 unspecified atom stereocenters.